The molecular weight excluding hydrogens is 348 g/mol. The van der Waals surface area contributed by atoms with Crippen LogP contribution < -0.4 is 10.5 Å². The Kier molecular flexibility index (Phi) is 6.77. The second-order valence-electron chi connectivity index (χ2n) is 5.80. The smallest absolute Gasteiger partial charge is 0.337 e. The van der Waals surface area contributed by atoms with Gasteiger partial charge in [0, 0.05) is 31.5 Å². The third-order valence-electron chi connectivity index (χ3n) is 3.97. The van der Waals surface area contributed by atoms with Gasteiger partial charge in [-0.2, -0.15) is 0 Å². The lowest BCUT2D eigenvalue weighted by Gasteiger charge is -2.26. The molecule has 0 spiro atoms. The number of sulfone groups is 1. The van der Waals surface area contributed by atoms with Crippen LogP contribution in [0.5, 0.6) is 5.75 Å². The number of rotatable bonds is 7. The number of carbonyl (C=O) groups excluding carboxylic acids is 1. The van der Waals surface area contributed by atoms with E-state index in [1.807, 2.05) is 0 Å². The van der Waals surface area contributed by atoms with E-state index in [0.717, 1.165) is 19.3 Å². The quantitative estimate of drug-likeness (QED) is 0.676. The molecule has 25 heavy (non-hydrogen) atoms. The van der Waals surface area contributed by atoms with Crippen LogP contribution in [0.1, 0.15) is 21.3 Å². The maximum atomic E-state index is 11.8. The topological polar surface area (TPSA) is 108 Å². The first-order valence-corrected chi connectivity index (χ1v) is 9.88. The summed E-state index contributed by atoms with van der Waals surface area (Å²) in [4.78, 5) is 13.9. The first kappa shape index (κ1) is 19.6. The lowest BCUT2D eigenvalue weighted by Crippen LogP contribution is -2.38. The second-order valence-corrected chi connectivity index (χ2v) is 7.96. The Hall–Kier alpha value is -1.68. The average molecular weight is 372 g/mol. The average Bonchev–Trinajstić information content (AvgIpc) is 2.60. The molecule has 0 amide bonds. The Morgan fingerprint density at radius 1 is 1.36 bits per heavy atom. The summed E-state index contributed by atoms with van der Waals surface area (Å²) in [6.45, 7) is 4.12. The molecule has 2 rings (SSSR count). The van der Waals surface area contributed by atoms with E-state index in [-0.39, 0.29) is 11.1 Å². The molecule has 8 nitrogen and oxygen atoms in total. The van der Waals surface area contributed by atoms with Crippen LogP contribution in [0.25, 0.3) is 0 Å². The minimum Gasteiger partial charge on any atom is -0.492 e. The number of nitrogens with two attached hydrogens (primary N) is 1. The van der Waals surface area contributed by atoms with E-state index < -0.39 is 21.2 Å². The summed E-state index contributed by atoms with van der Waals surface area (Å²) >= 11 is 0. The first-order chi connectivity index (χ1) is 11.8. The van der Waals surface area contributed by atoms with Gasteiger partial charge in [0.2, 0.25) is 0 Å². The normalized spacial score (nSPS) is 17.1. The Morgan fingerprint density at radius 2 is 2.04 bits per heavy atom. The van der Waals surface area contributed by atoms with Gasteiger partial charge in [0.15, 0.2) is 9.84 Å². The van der Waals surface area contributed by atoms with E-state index in [1.165, 1.54) is 19.2 Å². The Bertz CT molecular complexity index is 701. The van der Waals surface area contributed by atoms with Gasteiger partial charge in [0.25, 0.3) is 0 Å². The lowest BCUT2D eigenvalue weighted by atomic mass is 10.1. The molecule has 1 aliphatic heterocycles. The van der Waals surface area contributed by atoms with Gasteiger partial charge in [-0.25, -0.2) is 13.2 Å². The number of carbonyl (C=O) groups is 1. The summed E-state index contributed by atoms with van der Waals surface area (Å²) in [5.41, 5.74) is 6.31. The van der Waals surface area contributed by atoms with Gasteiger partial charge in [-0.3, -0.25) is 4.90 Å². The molecule has 140 valence electrons. The number of morpholine rings is 1. The van der Waals surface area contributed by atoms with Crippen LogP contribution in [-0.2, 0) is 19.3 Å². The fourth-order valence-corrected chi connectivity index (χ4v) is 3.13. The number of hydrogen-bond donors (Lipinski definition) is 1. The van der Waals surface area contributed by atoms with E-state index in [0.29, 0.717) is 32.1 Å². The Morgan fingerprint density at radius 3 is 2.64 bits per heavy atom. The van der Waals surface area contributed by atoms with Crippen molar-refractivity contribution in [2.24, 2.45) is 5.73 Å². The SMILES string of the molecule is COC(=O)c1ccc(OCCN2CCOCC2)c(C(N)S(C)(=O)=O)c1. The molecule has 1 unspecified atom stereocenters. The molecule has 0 aliphatic carbocycles. The fourth-order valence-electron chi connectivity index (χ4n) is 2.49. The zero-order valence-corrected chi connectivity index (χ0v) is 15.3. The van der Waals surface area contributed by atoms with Crippen LogP contribution in [0, 0.1) is 0 Å². The van der Waals surface area contributed by atoms with Crippen molar-refractivity contribution >= 4 is 15.8 Å². The number of nitrogens with zero attached hydrogens (tertiary/aromatic N) is 1. The second kappa shape index (κ2) is 8.61. The molecule has 1 aliphatic rings. The number of ether oxygens (including phenoxy) is 3. The molecule has 1 heterocycles. The molecule has 0 aromatic heterocycles. The highest BCUT2D eigenvalue weighted by atomic mass is 32.2. The molecule has 0 saturated carbocycles. The van der Waals surface area contributed by atoms with Crippen LogP contribution in [0.3, 0.4) is 0 Å². The molecule has 0 radical (unpaired) electrons. The highest BCUT2D eigenvalue weighted by Crippen LogP contribution is 2.28. The maximum Gasteiger partial charge on any atom is 0.337 e. The minimum absolute atomic E-state index is 0.220. The van der Waals surface area contributed by atoms with Gasteiger partial charge in [-0.15, -0.1) is 0 Å². The highest BCUT2D eigenvalue weighted by molar-refractivity contribution is 7.90. The largest absolute Gasteiger partial charge is 0.492 e. The number of esters is 1. The zero-order valence-electron chi connectivity index (χ0n) is 14.4. The summed E-state index contributed by atoms with van der Waals surface area (Å²) in [5.74, 6) is -0.222. The monoisotopic (exact) mass is 372 g/mol. The van der Waals surface area contributed by atoms with Crippen molar-refractivity contribution in [2.45, 2.75) is 5.37 Å². The van der Waals surface area contributed by atoms with Gasteiger partial charge < -0.3 is 19.9 Å². The van der Waals surface area contributed by atoms with E-state index in [2.05, 4.69) is 9.64 Å². The summed E-state index contributed by atoms with van der Waals surface area (Å²) in [6.07, 6.45) is 1.04. The van der Waals surface area contributed by atoms with Gasteiger partial charge in [0.1, 0.15) is 17.7 Å². The highest BCUT2D eigenvalue weighted by Gasteiger charge is 2.24. The summed E-state index contributed by atoms with van der Waals surface area (Å²) in [7, 11) is -2.30. The van der Waals surface area contributed by atoms with Gasteiger partial charge in [0.05, 0.1) is 25.9 Å². The van der Waals surface area contributed by atoms with Crippen LogP contribution in [-0.4, -0.2) is 72.1 Å². The fraction of sp³-hybridized carbons (Fsp3) is 0.562. The molecule has 2 N–H and O–H groups in total. The maximum absolute atomic E-state index is 11.8. The zero-order chi connectivity index (χ0) is 18.4. The van der Waals surface area contributed by atoms with E-state index in [4.69, 9.17) is 15.2 Å². The van der Waals surface area contributed by atoms with Crippen molar-refractivity contribution in [3.05, 3.63) is 29.3 Å². The number of hydrogen-bond acceptors (Lipinski definition) is 8. The summed E-state index contributed by atoms with van der Waals surface area (Å²) in [6, 6.07) is 4.47. The molecule has 1 aromatic rings. The number of benzene rings is 1. The van der Waals surface area contributed by atoms with Gasteiger partial charge in [-0.1, -0.05) is 0 Å². The van der Waals surface area contributed by atoms with Crippen LogP contribution in [0.4, 0.5) is 0 Å². The van der Waals surface area contributed by atoms with Crippen molar-refractivity contribution < 1.29 is 27.4 Å². The van der Waals surface area contributed by atoms with Crippen LogP contribution >= 0.6 is 0 Å². The molecule has 0 bridgehead atoms. The van der Waals surface area contributed by atoms with E-state index in [9.17, 15) is 13.2 Å². The third-order valence-corrected chi connectivity index (χ3v) is 5.14. The third kappa shape index (κ3) is 5.40. The minimum atomic E-state index is -3.55. The van der Waals surface area contributed by atoms with Gasteiger partial charge in [-0.05, 0) is 18.2 Å². The Balaban J connectivity index is 2.15. The molecule has 1 aromatic carbocycles. The summed E-state index contributed by atoms with van der Waals surface area (Å²) in [5, 5.41) is -1.28. The van der Waals surface area contributed by atoms with Crippen molar-refractivity contribution in [3.63, 3.8) is 0 Å². The summed E-state index contributed by atoms with van der Waals surface area (Å²) < 4.78 is 39.4. The molecule has 1 atom stereocenters. The molecule has 1 fully saturated rings. The van der Waals surface area contributed by atoms with Crippen molar-refractivity contribution in [1.82, 2.24) is 4.90 Å². The van der Waals surface area contributed by atoms with Crippen molar-refractivity contribution in [2.75, 3.05) is 52.8 Å². The predicted molar refractivity (Wildman–Crippen MR) is 92.3 cm³/mol. The van der Waals surface area contributed by atoms with Crippen molar-refractivity contribution in [3.8, 4) is 5.75 Å². The van der Waals surface area contributed by atoms with Gasteiger partial charge >= 0.3 is 5.97 Å². The molecule has 9 heteroatoms. The van der Waals surface area contributed by atoms with Crippen molar-refractivity contribution in [1.29, 1.82) is 0 Å². The lowest BCUT2D eigenvalue weighted by molar-refractivity contribution is 0.0322. The standard InChI is InChI=1S/C16H24N2O6S/c1-22-16(19)12-3-4-14(13(11-12)15(17)25(2,20)21)24-10-7-18-5-8-23-9-6-18/h3-4,11,15H,5-10,17H2,1-2H3. The molecular formula is C16H24N2O6S. The van der Waals surface area contributed by atoms with E-state index >= 15 is 0 Å². The predicted octanol–water partition coefficient (Wildman–Crippen LogP) is 0.186. The van der Waals surface area contributed by atoms with Crippen LogP contribution in [0.15, 0.2) is 18.2 Å². The number of methoxy groups -OCH3 is 1. The van der Waals surface area contributed by atoms with E-state index in [1.54, 1.807) is 6.07 Å². The Labute approximate surface area is 147 Å². The molecule has 1 saturated heterocycles. The first-order valence-electron chi connectivity index (χ1n) is 7.92. The van der Waals surface area contributed by atoms with Crippen LogP contribution in [0.2, 0.25) is 0 Å².